The van der Waals surface area contributed by atoms with E-state index in [2.05, 4.69) is 0 Å². The lowest BCUT2D eigenvalue weighted by Crippen LogP contribution is -1.95. The Bertz CT molecular complexity index is 503. The van der Waals surface area contributed by atoms with Crippen LogP contribution in [-0.4, -0.2) is 11.4 Å². The lowest BCUT2D eigenvalue weighted by Gasteiger charge is -2.06. The highest BCUT2D eigenvalue weighted by molar-refractivity contribution is 5.74. The van der Waals surface area contributed by atoms with Crippen molar-refractivity contribution >= 4 is 6.29 Å². The first-order valence-corrected chi connectivity index (χ1v) is 5.24. The van der Waals surface area contributed by atoms with Gasteiger partial charge in [0.2, 0.25) is 0 Å². The summed E-state index contributed by atoms with van der Waals surface area (Å²) in [7, 11) is 0. The van der Waals surface area contributed by atoms with E-state index >= 15 is 0 Å². The lowest BCUT2D eigenvalue weighted by atomic mass is 10.2. The number of aromatic hydroxyl groups is 1. The number of benzene rings is 2. The Morgan fingerprint density at radius 1 is 1.12 bits per heavy atom. The molecule has 1 N–H and O–H groups in total. The second-order valence-electron chi connectivity index (χ2n) is 3.65. The summed E-state index contributed by atoms with van der Waals surface area (Å²) in [6.45, 7) is 0.384. The van der Waals surface area contributed by atoms with E-state index in [-0.39, 0.29) is 5.75 Å². The molecule has 0 aliphatic heterocycles. The van der Waals surface area contributed by atoms with E-state index in [0.717, 1.165) is 11.8 Å². The van der Waals surface area contributed by atoms with Crippen molar-refractivity contribution < 1.29 is 14.6 Å². The fraction of sp³-hybridized carbons (Fsp3) is 0.0714. The molecule has 0 aromatic heterocycles. The molecule has 17 heavy (non-hydrogen) atoms. The van der Waals surface area contributed by atoms with E-state index in [0.29, 0.717) is 17.9 Å². The van der Waals surface area contributed by atoms with Crippen LogP contribution in [0.15, 0.2) is 48.5 Å². The second kappa shape index (κ2) is 5.16. The van der Waals surface area contributed by atoms with Crippen molar-refractivity contribution in [2.45, 2.75) is 6.61 Å². The van der Waals surface area contributed by atoms with Gasteiger partial charge in [-0.25, -0.2) is 0 Å². The number of phenols is 1. The predicted molar refractivity (Wildman–Crippen MR) is 64.3 cm³/mol. The van der Waals surface area contributed by atoms with E-state index < -0.39 is 0 Å². The third-order valence-corrected chi connectivity index (χ3v) is 2.33. The van der Waals surface area contributed by atoms with E-state index in [1.54, 1.807) is 42.5 Å². The Morgan fingerprint density at radius 2 is 1.88 bits per heavy atom. The van der Waals surface area contributed by atoms with Crippen molar-refractivity contribution in [3.8, 4) is 11.5 Å². The standard InChI is InChI=1S/C14H12O3/c15-9-11-4-6-14(7-5-11)17-10-12-2-1-3-13(16)8-12/h1-9,16H,10H2. The van der Waals surface area contributed by atoms with Crippen molar-refractivity contribution in [1.82, 2.24) is 0 Å². The summed E-state index contributed by atoms with van der Waals surface area (Å²) < 4.78 is 5.52. The quantitative estimate of drug-likeness (QED) is 0.818. The summed E-state index contributed by atoms with van der Waals surface area (Å²) in [4.78, 5) is 10.5. The van der Waals surface area contributed by atoms with Crippen LogP contribution >= 0.6 is 0 Å². The number of carbonyl (C=O) groups is 1. The second-order valence-corrected chi connectivity index (χ2v) is 3.65. The van der Waals surface area contributed by atoms with Gasteiger partial charge in [-0.2, -0.15) is 0 Å². The van der Waals surface area contributed by atoms with Crippen molar-refractivity contribution in [3.05, 3.63) is 59.7 Å². The van der Waals surface area contributed by atoms with Crippen molar-refractivity contribution in [2.75, 3.05) is 0 Å². The zero-order valence-electron chi connectivity index (χ0n) is 9.17. The summed E-state index contributed by atoms with van der Waals surface area (Å²) >= 11 is 0. The Balaban J connectivity index is 1.99. The molecule has 0 aliphatic carbocycles. The maximum absolute atomic E-state index is 10.5. The van der Waals surface area contributed by atoms with Crippen LogP contribution in [0, 0.1) is 0 Å². The molecule has 2 rings (SSSR count). The first-order chi connectivity index (χ1) is 8.28. The summed E-state index contributed by atoms with van der Waals surface area (Å²) in [5, 5.41) is 9.28. The van der Waals surface area contributed by atoms with Crippen LogP contribution in [0.3, 0.4) is 0 Å². The molecule has 86 valence electrons. The van der Waals surface area contributed by atoms with Crippen LogP contribution in [0.5, 0.6) is 11.5 Å². The molecule has 0 saturated carbocycles. The van der Waals surface area contributed by atoms with Crippen LogP contribution in [0.1, 0.15) is 15.9 Å². The number of carbonyl (C=O) groups excluding carboxylic acids is 1. The Hall–Kier alpha value is -2.29. The Labute approximate surface area is 99.3 Å². The molecule has 0 heterocycles. The van der Waals surface area contributed by atoms with Gasteiger partial charge < -0.3 is 9.84 Å². The number of rotatable bonds is 4. The van der Waals surface area contributed by atoms with Crippen LogP contribution < -0.4 is 4.74 Å². The molecule has 0 radical (unpaired) electrons. The van der Waals surface area contributed by atoms with E-state index in [9.17, 15) is 9.90 Å². The smallest absolute Gasteiger partial charge is 0.150 e. The third kappa shape index (κ3) is 3.08. The average molecular weight is 228 g/mol. The SMILES string of the molecule is O=Cc1ccc(OCc2cccc(O)c2)cc1. The molecule has 2 aromatic rings. The van der Waals surface area contributed by atoms with E-state index in [1.165, 1.54) is 0 Å². The van der Waals surface area contributed by atoms with Crippen molar-refractivity contribution in [2.24, 2.45) is 0 Å². The Morgan fingerprint density at radius 3 is 2.53 bits per heavy atom. The summed E-state index contributed by atoms with van der Waals surface area (Å²) in [6.07, 6.45) is 0.791. The summed E-state index contributed by atoms with van der Waals surface area (Å²) in [5.74, 6) is 0.918. The maximum Gasteiger partial charge on any atom is 0.150 e. The highest BCUT2D eigenvalue weighted by Crippen LogP contribution is 2.15. The molecule has 3 heteroatoms. The fourth-order valence-corrected chi connectivity index (χ4v) is 1.46. The van der Waals surface area contributed by atoms with Crippen LogP contribution in [0.4, 0.5) is 0 Å². The largest absolute Gasteiger partial charge is 0.508 e. The topological polar surface area (TPSA) is 46.5 Å². The molecular weight excluding hydrogens is 216 g/mol. The maximum atomic E-state index is 10.5. The normalized spacial score (nSPS) is 9.88. The monoisotopic (exact) mass is 228 g/mol. The van der Waals surface area contributed by atoms with E-state index in [1.807, 2.05) is 6.07 Å². The molecule has 0 spiro atoms. The van der Waals surface area contributed by atoms with E-state index in [4.69, 9.17) is 4.74 Å². The zero-order chi connectivity index (χ0) is 12.1. The zero-order valence-corrected chi connectivity index (χ0v) is 9.17. The van der Waals surface area contributed by atoms with Gasteiger partial charge in [0.25, 0.3) is 0 Å². The minimum Gasteiger partial charge on any atom is -0.508 e. The molecule has 0 atom stereocenters. The number of aldehydes is 1. The minimum atomic E-state index is 0.224. The Kier molecular flexibility index (Phi) is 3.40. The van der Waals surface area contributed by atoms with Crippen LogP contribution in [0.25, 0.3) is 0 Å². The molecule has 0 bridgehead atoms. The first kappa shape index (κ1) is 11.2. The highest BCUT2D eigenvalue weighted by Gasteiger charge is 1.97. The van der Waals surface area contributed by atoms with Gasteiger partial charge in [-0.1, -0.05) is 12.1 Å². The van der Waals surface area contributed by atoms with Crippen molar-refractivity contribution in [3.63, 3.8) is 0 Å². The van der Waals surface area contributed by atoms with Gasteiger partial charge in [-0.3, -0.25) is 4.79 Å². The summed E-state index contributed by atoms with van der Waals surface area (Å²) in [5.41, 5.74) is 1.51. The number of phenolic OH excluding ortho intramolecular Hbond substituents is 1. The molecule has 3 nitrogen and oxygen atoms in total. The molecule has 0 amide bonds. The molecule has 0 saturated heterocycles. The molecular formula is C14H12O3. The van der Waals surface area contributed by atoms with Gasteiger partial charge in [0.05, 0.1) is 0 Å². The minimum absolute atomic E-state index is 0.224. The van der Waals surface area contributed by atoms with Gasteiger partial charge >= 0.3 is 0 Å². The summed E-state index contributed by atoms with van der Waals surface area (Å²) in [6, 6.07) is 13.8. The number of ether oxygens (including phenoxy) is 1. The van der Waals surface area contributed by atoms with Gasteiger partial charge in [-0.05, 0) is 42.0 Å². The van der Waals surface area contributed by atoms with Gasteiger partial charge in [0, 0.05) is 5.56 Å². The van der Waals surface area contributed by atoms with Crippen LogP contribution in [-0.2, 0) is 6.61 Å². The third-order valence-electron chi connectivity index (χ3n) is 2.33. The molecule has 2 aromatic carbocycles. The fourth-order valence-electron chi connectivity index (χ4n) is 1.46. The lowest BCUT2D eigenvalue weighted by molar-refractivity contribution is 0.112. The average Bonchev–Trinajstić information content (AvgIpc) is 2.37. The number of hydrogen-bond donors (Lipinski definition) is 1. The molecule has 0 fully saturated rings. The molecule has 0 aliphatic rings. The van der Waals surface area contributed by atoms with Gasteiger partial charge in [-0.15, -0.1) is 0 Å². The van der Waals surface area contributed by atoms with Crippen LogP contribution in [0.2, 0.25) is 0 Å². The van der Waals surface area contributed by atoms with Gasteiger partial charge in [0.1, 0.15) is 24.4 Å². The first-order valence-electron chi connectivity index (χ1n) is 5.24. The van der Waals surface area contributed by atoms with Crippen molar-refractivity contribution in [1.29, 1.82) is 0 Å². The number of hydrogen-bond acceptors (Lipinski definition) is 3. The van der Waals surface area contributed by atoms with Gasteiger partial charge in [0.15, 0.2) is 0 Å². The molecule has 0 unspecified atom stereocenters. The predicted octanol–water partition coefficient (Wildman–Crippen LogP) is 2.78. The highest BCUT2D eigenvalue weighted by atomic mass is 16.5.